The SMILES string of the molecule is CCN(CC)CCNC(=O)C(N)C1CCOCC1.Cl.Cl. The van der Waals surface area contributed by atoms with Crippen molar-refractivity contribution in [2.75, 3.05) is 39.4 Å². The van der Waals surface area contributed by atoms with E-state index in [1.54, 1.807) is 0 Å². The van der Waals surface area contributed by atoms with Crippen LogP contribution in [0.4, 0.5) is 0 Å². The highest BCUT2D eigenvalue weighted by Gasteiger charge is 2.26. The third-order valence-corrected chi connectivity index (χ3v) is 3.70. The highest BCUT2D eigenvalue weighted by molar-refractivity contribution is 5.85. The molecule has 1 rings (SSSR count). The van der Waals surface area contributed by atoms with Gasteiger partial charge in [-0.25, -0.2) is 0 Å². The first-order valence-electron chi connectivity index (χ1n) is 7.02. The maximum absolute atomic E-state index is 11.9. The number of carbonyl (C=O) groups excluding carboxylic acids is 1. The van der Waals surface area contributed by atoms with Gasteiger partial charge in [-0.3, -0.25) is 4.79 Å². The van der Waals surface area contributed by atoms with Crippen molar-refractivity contribution >= 4 is 30.7 Å². The summed E-state index contributed by atoms with van der Waals surface area (Å²) in [4.78, 5) is 14.2. The van der Waals surface area contributed by atoms with Gasteiger partial charge in [0, 0.05) is 26.3 Å². The maximum Gasteiger partial charge on any atom is 0.237 e. The average Bonchev–Trinajstić information content (AvgIpc) is 2.43. The molecule has 0 bridgehead atoms. The largest absolute Gasteiger partial charge is 0.381 e. The van der Waals surface area contributed by atoms with E-state index in [1.165, 1.54) is 0 Å². The number of amides is 1. The Morgan fingerprint density at radius 1 is 1.30 bits per heavy atom. The Morgan fingerprint density at radius 3 is 2.35 bits per heavy atom. The summed E-state index contributed by atoms with van der Waals surface area (Å²) in [6.45, 7) is 9.29. The predicted molar refractivity (Wildman–Crippen MR) is 86.8 cm³/mol. The maximum atomic E-state index is 11.9. The van der Waals surface area contributed by atoms with E-state index in [2.05, 4.69) is 24.1 Å². The Kier molecular flexibility index (Phi) is 14.1. The van der Waals surface area contributed by atoms with E-state index in [0.717, 1.165) is 45.7 Å². The molecule has 1 unspecified atom stereocenters. The number of carbonyl (C=O) groups is 1. The summed E-state index contributed by atoms with van der Waals surface area (Å²) < 4.78 is 5.28. The lowest BCUT2D eigenvalue weighted by molar-refractivity contribution is -0.124. The predicted octanol–water partition coefficient (Wildman–Crippen LogP) is 1.04. The summed E-state index contributed by atoms with van der Waals surface area (Å²) in [5, 5.41) is 2.93. The van der Waals surface area contributed by atoms with Crippen LogP contribution in [-0.4, -0.2) is 56.2 Å². The number of likely N-dealkylation sites (N-methyl/N-ethyl adjacent to an activating group) is 1. The quantitative estimate of drug-likeness (QED) is 0.732. The fraction of sp³-hybridized carbons (Fsp3) is 0.923. The van der Waals surface area contributed by atoms with E-state index in [4.69, 9.17) is 10.5 Å². The zero-order valence-electron chi connectivity index (χ0n) is 12.5. The Bertz CT molecular complexity index is 248. The number of hydrogen-bond acceptors (Lipinski definition) is 4. The van der Waals surface area contributed by atoms with E-state index < -0.39 is 0 Å². The average molecular weight is 330 g/mol. The number of hydrogen-bond donors (Lipinski definition) is 2. The molecule has 1 heterocycles. The summed E-state index contributed by atoms with van der Waals surface area (Å²) in [7, 11) is 0. The van der Waals surface area contributed by atoms with Crippen LogP contribution in [0.25, 0.3) is 0 Å². The molecule has 1 amide bonds. The first kappa shape index (κ1) is 22.2. The second kappa shape index (κ2) is 12.7. The standard InChI is InChI=1S/C13H27N3O2.2ClH/c1-3-16(4-2)8-7-15-13(17)12(14)11-5-9-18-10-6-11;;/h11-12H,3-10,14H2,1-2H3,(H,15,17);2*1H. The molecule has 0 aliphatic carbocycles. The van der Waals surface area contributed by atoms with Crippen molar-refractivity contribution in [3.05, 3.63) is 0 Å². The molecule has 3 N–H and O–H groups in total. The fourth-order valence-electron chi connectivity index (χ4n) is 2.28. The number of ether oxygens (including phenoxy) is 1. The molecule has 122 valence electrons. The van der Waals surface area contributed by atoms with Gasteiger partial charge < -0.3 is 20.7 Å². The summed E-state index contributed by atoms with van der Waals surface area (Å²) in [5.41, 5.74) is 5.99. The second-order valence-corrected chi connectivity index (χ2v) is 4.79. The van der Waals surface area contributed by atoms with E-state index >= 15 is 0 Å². The van der Waals surface area contributed by atoms with Crippen LogP contribution >= 0.6 is 24.8 Å². The van der Waals surface area contributed by atoms with Gasteiger partial charge in [-0.15, -0.1) is 24.8 Å². The van der Waals surface area contributed by atoms with Crippen molar-refractivity contribution in [2.45, 2.75) is 32.7 Å². The molecule has 0 aromatic heterocycles. The van der Waals surface area contributed by atoms with Gasteiger partial charge in [0.25, 0.3) is 0 Å². The molecule has 1 aliphatic heterocycles. The van der Waals surface area contributed by atoms with Crippen molar-refractivity contribution in [1.29, 1.82) is 0 Å². The van der Waals surface area contributed by atoms with Crippen LogP contribution in [0.3, 0.4) is 0 Å². The van der Waals surface area contributed by atoms with Crippen molar-refractivity contribution < 1.29 is 9.53 Å². The minimum absolute atomic E-state index is 0. The molecule has 0 spiro atoms. The molecule has 1 fully saturated rings. The highest BCUT2D eigenvalue weighted by Crippen LogP contribution is 2.17. The van der Waals surface area contributed by atoms with Crippen molar-refractivity contribution in [2.24, 2.45) is 11.7 Å². The third kappa shape index (κ3) is 7.64. The van der Waals surface area contributed by atoms with Crippen molar-refractivity contribution in [1.82, 2.24) is 10.2 Å². The fourth-order valence-corrected chi connectivity index (χ4v) is 2.28. The highest BCUT2D eigenvalue weighted by atomic mass is 35.5. The normalized spacial score (nSPS) is 17.0. The number of rotatable bonds is 7. The third-order valence-electron chi connectivity index (χ3n) is 3.70. The summed E-state index contributed by atoms with van der Waals surface area (Å²) >= 11 is 0. The molecule has 5 nitrogen and oxygen atoms in total. The molecule has 0 saturated carbocycles. The molecule has 0 aromatic rings. The van der Waals surface area contributed by atoms with Gasteiger partial charge in [-0.1, -0.05) is 13.8 Å². The first-order valence-corrected chi connectivity index (χ1v) is 7.02. The summed E-state index contributed by atoms with van der Waals surface area (Å²) in [6.07, 6.45) is 1.79. The minimum atomic E-state index is -0.384. The smallest absolute Gasteiger partial charge is 0.237 e. The number of nitrogens with one attached hydrogen (secondary N) is 1. The molecule has 7 heteroatoms. The molecule has 1 saturated heterocycles. The number of nitrogens with two attached hydrogens (primary N) is 1. The van der Waals surface area contributed by atoms with Crippen LogP contribution in [0.1, 0.15) is 26.7 Å². The molecular weight excluding hydrogens is 301 g/mol. The van der Waals surface area contributed by atoms with E-state index in [-0.39, 0.29) is 42.7 Å². The Hall–Kier alpha value is -0.0700. The lowest BCUT2D eigenvalue weighted by Crippen LogP contribution is -2.48. The lowest BCUT2D eigenvalue weighted by Gasteiger charge is -2.27. The van der Waals surface area contributed by atoms with Crippen LogP contribution in [0.2, 0.25) is 0 Å². The molecular formula is C13H29Cl2N3O2. The molecule has 0 radical (unpaired) electrons. The van der Waals surface area contributed by atoms with E-state index in [9.17, 15) is 4.79 Å². The first-order chi connectivity index (χ1) is 8.69. The minimum Gasteiger partial charge on any atom is -0.381 e. The van der Waals surface area contributed by atoms with Crippen LogP contribution in [-0.2, 0) is 9.53 Å². The summed E-state index contributed by atoms with van der Waals surface area (Å²) in [6, 6.07) is -0.384. The van der Waals surface area contributed by atoms with Crippen LogP contribution in [0, 0.1) is 5.92 Å². The van der Waals surface area contributed by atoms with Gasteiger partial charge in [-0.2, -0.15) is 0 Å². The number of halogens is 2. The van der Waals surface area contributed by atoms with Crippen LogP contribution in [0.5, 0.6) is 0 Å². The topological polar surface area (TPSA) is 67.6 Å². The molecule has 20 heavy (non-hydrogen) atoms. The van der Waals surface area contributed by atoms with Gasteiger partial charge in [-0.05, 0) is 31.8 Å². The van der Waals surface area contributed by atoms with Crippen molar-refractivity contribution in [3.63, 3.8) is 0 Å². The zero-order chi connectivity index (χ0) is 13.4. The van der Waals surface area contributed by atoms with Crippen molar-refractivity contribution in [3.8, 4) is 0 Å². The van der Waals surface area contributed by atoms with Crippen LogP contribution in [0.15, 0.2) is 0 Å². The van der Waals surface area contributed by atoms with Gasteiger partial charge >= 0.3 is 0 Å². The summed E-state index contributed by atoms with van der Waals surface area (Å²) in [5.74, 6) is 0.251. The molecule has 0 aromatic carbocycles. The monoisotopic (exact) mass is 329 g/mol. The molecule has 1 atom stereocenters. The zero-order valence-corrected chi connectivity index (χ0v) is 14.1. The van der Waals surface area contributed by atoms with Gasteiger partial charge in [0.2, 0.25) is 5.91 Å². The number of nitrogens with zero attached hydrogens (tertiary/aromatic N) is 1. The van der Waals surface area contributed by atoms with Gasteiger partial charge in [0.1, 0.15) is 0 Å². The lowest BCUT2D eigenvalue weighted by atomic mass is 9.92. The van der Waals surface area contributed by atoms with E-state index in [0.29, 0.717) is 6.54 Å². The van der Waals surface area contributed by atoms with Gasteiger partial charge in [0.05, 0.1) is 6.04 Å². The molecule has 1 aliphatic rings. The Balaban J connectivity index is 0. The second-order valence-electron chi connectivity index (χ2n) is 4.79. The Labute approximate surface area is 134 Å². The van der Waals surface area contributed by atoms with Crippen LogP contribution < -0.4 is 11.1 Å². The van der Waals surface area contributed by atoms with Gasteiger partial charge in [0.15, 0.2) is 0 Å². The Morgan fingerprint density at radius 2 is 1.85 bits per heavy atom. The van der Waals surface area contributed by atoms with E-state index in [1.807, 2.05) is 0 Å².